The van der Waals surface area contributed by atoms with Crippen LogP contribution in [0, 0.1) is 0 Å². The van der Waals surface area contributed by atoms with E-state index in [0.29, 0.717) is 6.61 Å². The van der Waals surface area contributed by atoms with E-state index in [1.807, 2.05) is 24.3 Å². The zero-order valence-corrected chi connectivity index (χ0v) is 12.7. The molecule has 86 valence electrons. The molecule has 0 radical (unpaired) electrons. The van der Waals surface area contributed by atoms with E-state index < -0.39 is 0 Å². The summed E-state index contributed by atoms with van der Waals surface area (Å²) in [4.78, 5) is 0. The van der Waals surface area contributed by atoms with Gasteiger partial charge in [0.2, 0.25) is 0 Å². The summed E-state index contributed by atoms with van der Waals surface area (Å²) in [5, 5.41) is 0. The standard InChI is InChI=1S/C12H17O2.BrH.Mg/c1-3-4-9-14-10-11-5-7-12(13-2)8-6-11;;/h5-8H,1,3-4,9-10H2,2H3;1H;/q;;+1/p-1. The number of ether oxygens (including phenoxy) is 2. The van der Waals surface area contributed by atoms with Crippen LogP contribution in [0.4, 0.5) is 0 Å². The Balaban J connectivity index is 2.12. The van der Waals surface area contributed by atoms with Crippen LogP contribution in [0.25, 0.3) is 0 Å². The Kier molecular flexibility index (Phi) is 8.28. The first-order valence-corrected chi connectivity index (χ1v) is 10.5. The molecule has 1 rings (SSSR count). The quantitative estimate of drug-likeness (QED) is 0.541. The number of benzene rings is 1. The van der Waals surface area contributed by atoms with Crippen molar-refractivity contribution in [2.45, 2.75) is 24.0 Å². The largest absolute Gasteiger partial charge is 0.497 e. The maximum absolute atomic E-state index is 5.60. The number of methoxy groups -OCH3 is 1. The topological polar surface area (TPSA) is 18.5 Å². The van der Waals surface area contributed by atoms with Gasteiger partial charge < -0.3 is 22.4 Å². The van der Waals surface area contributed by atoms with Gasteiger partial charge in [-0.2, -0.15) is 0 Å². The highest BCUT2D eigenvalue weighted by Crippen LogP contribution is 2.12. The van der Waals surface area contributed by atoms with Crippen molar-refractivity contribution in [1.29, 1.82) is 0 Å². The minimum absolute atomic E-state index is 0.0647. The molecule has 0 saturated carbocycles. The predicted octanol–water partition coefficient (Wildman–Crippen LogP) is 3.42. The number of hydrogen-bond donors (Lipinski definition) is 0. The van der Waals surface area contributed by atoms with Gasteiger partial charge in [-0.05, 0) is 24.1 Å². The molecular weight excluding hydrogens is 280 g/mol. The van der Waals surface area contributed by atoms with Crippen LogP contribution in [0.1, 0.15) is 18.4 Å². The predicted molar refractivity (Wildman–Crippen MR) is 71.4 cm³/mol. The normalized spacial score (nSPS) is 9.88. The smallest absolute Gasteiger partial charge is 0.468 e. The van der Waals surface area contributed by atoms with Crippen molar-refractivity contribution in [2.24, 2.45) is 0 Å². The van der Waals surface area contributed by atoms with Crippen molar-refractivity contribution < 1.29 is 9.47 Å². The third-order valence-electron chi connectivity index (χ3n) is 2.35. The van der Waals surface area contributed by atoms with Gasteiger partial charge in [-0.25, -0.2) is 0 Å². The Morgan fingerprint density at radius 1 is 1.19 bits per heavy atom. The zero-order chi connectivity index (χ0) is 11.6. The molecule has 2 nitrogen and oxygen atoms in total. The van der Waals surface area contributed by atoms with Gasteiger partial charge in [0.15, 0.2) is 0 Å². The molecule has 4 heteroatoms. The van der Waals surface area contributed by atoms with Gasteiger partial charge in [0.05, 0.1) is 13.7 Å². The van der Waals surface area contributed by atoms with E-state index in [0.717, 1.165) is 12.4 Å². The minimum atomic E-state index is 0.0647. The summed E-state index contributed by atoms with van der Waals surface area (Å²) in [6.07, 6.45) is 2.47. The first kappa shape index (κ1) is 14.3. The van der Waals surface area contributed by atoms with Crippen molar-refractivity contribution in [3.05, 3.63) is 29.8 Å². The molecule has 0 atom stereocenters. The SMILES string of the molecule is COc1ccc(COCCC[CH2][Mg][Br])cc1. The zero-order valence-electron chi connectivity index (χ0n) is 9.75. The Labute approximate surface area is 113 Å². The van der Waals surface area contributed by atoms with E-state index in [2.05, 4.69) is 12.9 Å². The summed E-state index contributed by atoms with van der Waals surface area (Å²) in [6.45, 7) is 1.57. The molecule has 16 heavy (non-hydrogen) atoms. The van der Waals surface area contributed by atoms with Crippen LogP contribution in [0.2, 0.25) is 4.55 Å². The van der Waals surface area contributed by atoms with Crippen LogP contribution in [0.5, 0.6) is 5.75 Å². The summed E-state index contributed by atoms with van der Waals surface area (Å²) in [5.41, 5.74) is 1.20. The lowest BCUT2D eigenvalue weighted by Gasteiger charge is -2.05. The summed E-state index contributed by atoms with van der Waals surface area (Å²) in [7, 11) is 1.68. The molecule has 0 aliphatic heterocycles. The van der Waals surface area contributed by atoms with Crippen molar-refractivity contribution in [3.63, 3.8) is 0 Å². The molecule has 0 aliphatic rings. The third-order valence-corrected chi connectivity index (χ3v) is 4.80. The van der Waals surface area contributed by atoms with Gasteiger partial charge in [-0.3, -0.25) is 0 Å². The fourth-order valence-electron chi connectivity index (χ4n) is 1.39. The van der Waals surface area contributed by atoms with Gasteiger partial charge in [0.1, 0.15) is 5.75 Å². The van der Waals surface area contributed by atoms with E-state index in [4.69, 9.17) is 9.47 Å². The van der Waals surface area contributed by atoms with Crippen molar-refractivity contribution in [2.75, 3.05) is 13.7 Å². The van der Waals surface area contributed by atoms with Gasteiger partial charge in [-0.15, -0.1) is 4.55 Å². The van der Waals surface area contributed by atoms with E-state index in [9.17, 15) is 0 Å². The molecule has 0 aliphatic carbocycles. The maximum atomic E-state index is 5.60. The van der Waals surface area contributed by atoms with Gasteiger partial charge in [0.25, 0.3) is 0 Å². The van der Waals surface area contributed by atoms with Crippen LogP contribution in [0.15, 0.2) is 24.3 Å². The Hall–Kier alpha value is 0.226. The Morgan fingerprint density at radius 2 is 1.94 bits per heavy atom. The molecule has 0 heterocycles. The Morgan fingerprint density at radius 3 is 2.56 bits per heavy atom. The minimum Gasteiger partial charge on any atom is -0.497 e. The average Bonchev–Trinajstić information content (AvgIpc) is 2.34. The fourth-order valence-corrected chi connectivity index (χ4v) is 3.12. The maximum Gasteiger partial charge on any atom is 0.468 e. The van der Waals surface area contributed by atoms with Gasteiger partial charge >= 0.3 is 18.2 Å². The van der Waals surface area contributed by atoms with E-state index in [-0.39, 0.29) is 18.2 Å². The van der Waals surface area contributed by atoms with Gasteiger partial charge in [-0.1, -0.05) is 18.6 Å². The number of unbranched alkanes of at least 4 members (excludes halogenated alkanes) is 1. The van der Waals surface area contributed by atoms with Crippen molar-refractivity contribution in [3.8, 4) is 5.75 Å². The molecule has 1 aromatic carbocycles. The molecule has 0 spiro atoms. The second-order valence-corrected chi connectivity index (χ2v) is 7.11. The summed E-state index contributed by atoms with van der Waals surface area (Å²) in [6, 6.07) is 8.03. The second-order valence-electron chi connectivity index (χ2n) is 3.65. The third kappa shape index (κ3) is 6.08. The van der Waals surface area contributed by atoms with Crippen molar-refractivity contribution >= 4 is 31.1 Å². The fraction of sp³-hybridized carbons (Fsp3) is 0.500. The average molecular weight is 297 g/mol. The molecule has 0 bridgehead atoms. The summed E-state index contributed by atoms with van der Waals surface area (Å²) >= 11 is 3.62. The molecule has 1 aromatic rings. The van der Waals surface area contributed by atoms with Crippen LogP contribution < -0.4 is 4.74 Å². The van der Waals surface area contributed by atoms with E-state index >= 15 is 0 Å². The summed E-state index contributed by atoms with van der Waals surface area (Å²) < 4.78 is 12.1. The van der Waals surface area contributed by atoms with Crippen molar-refractivity contribution in [1.82, 2.24) is 0 Å². The highest BCUT2D eigenvalue weighted by molar-refractivity contribution is 9.23. The molecular formula is C12H17BrMgO2. The molecule has 0 amide bonds. The molecule has 0 saturated heterocycles. The first-order chi connectivity index (χ1) is 7.86. The number of halogens is 1. The lowest BCUT2D eigenvalue weighted by atomic mass is 10.2. The van der Waals surface area contributed by atoms with Crippen LogP contribution in [-0.4, -0.2) is 31.9 Å². The monoisotopic (exact) mass is 296 g/mol. The number of hydrogen-bond acceptors (Lipinski definition) is 2. The lowest BCUT2D eigenvalue weighted by Crippen LogP contribution is -1.96. The van der Waals surface area contributed by atoms with Gasteiger partial charge in [0, 0.05) is 6.61 Å². The molecule has 0 unspecified atom stereocenters. The lowest BCUT2D eigenvalue weighted by molar-refractivity contribution is 0.118. The highest BCUT2D eigenvalue weighted by Gasteiger charge is 1.95. The molecule has 0 N–H and O–H groups in total. The van der Waals surface area contributed by atoms with Crippen LogP contribution in [-0.2, 0) is 11.3 Å². The van der Waals surface area contributed by atoms with Crippen LogP contribution >= 0.6 is 12.9 Å². The molecule has 0 fully saturated rings. The highest BCUT2D eigenvalue weighted by atomic mass is 79.9. The van der Waals surface area contributed by atoms with Crippen LogP contribution in [0.3, 0.4) is 0 Å². The van der Waals surface area contributed by atoms with E-state index in [1.54, 1.807) is 7.11 Å². The Bertz CT molecular complexity index is 277. The first-order valence-electron chi connectivity index (χ1n) is 5.63. The second kappa shape index (κ2) is 9.28. The van der Waals surface area contributed by atoms with E-state index in [1.165, 1.54) is 23.0 Å². The molecule has 0 aromatic heterocycles. The number of rotatable bonds is 8. The summed E-state index contributed by atoms with van der Waals surface area (Å²) in [5.74, 6) is 0.894.